The number of halogens is 2. The van der Waals surface area contributed by atoms with Crippen molar-refractivity contribution in [1.82, 2.24) is 5.32 Å². The Labute approximate surface area is 95.0 Å². The molecule has 1 aromatic carbocycles. The molecule has 0 aliphatic heterocycles. The van der Waals surface area contributed by atoms with Crippen LogP contribution in [0.1, 0.15) is 12.0 Å². The smallest absolute Gasteiger partial charge is 0.145 e. The molecule has 0 fully saturated rings. The Morgan fingerprint density at radius 3 is 2.93 bits per heavy atom. The van der Waals surface area contributed by atoms with Crippen molar-refractivity contribution in [1.29, 1.82) is 0 Å². The Balaban J connectivity index is 2.78. The van der Waals surface area contributed by atoms with Gasteiger partial charge >= 0.3 is 0 Å². The second-order valence-corrected chi connectivity index (χ2v) is 3.83. The van der Waals surface area contributed by atoms with Crippen LogP contribution in [-0.4, -0.2) is 13.1 Å². The van der Waals surface area contributed by atoms with Gasteiger partial charge in [-0.1, -0.05) is 29.8 Å². The second-order valence-electron chi connectivity index (χ2n) is 3.43. The molecule has 82 valence electrons. The van der Waals surface area contributed by atoms with E-state index in [0.29, 0.717) is 12.0 Å². The van der Waals surface area contributed by atoms with E-state index < -0.39 is 0 Å². The second kappa shape index (κ2) is 5.89. The molecular formula is C12H15ClFN. The quantitative estimate of drug-likeness (QED) is 0.762. The van der Waals surface area contributed by atoms with E-state index in [-0.39, 0.29) is 16.9 Å². The van der Waals surface area contributed by atoms with Gasteiger partial charge in [0, 0.05) is 6.04 Å². The van der Waals surface area contributed by atoms with E-state index in [1.54, 1.807) is 18.2 Å². The number of hydrogen-bond acceptors (Lipinski definition) is 1. The van der Waals surface area contributed by atoms with Gasteiger partial charge in [0.25, 0.3) is 0 Å². The first-order valence-corrected chi connectivity index (χ1v) is 5.28. The maximum atomic E-state index is 13.6. The molecule has 0 aliphatic carbocycles. The molecule has 0 saturated carbocycles. The average molecular weight is 228 g/mol. The van der Waals surface area contributed by atoms with Gasteiger partial charge in [0.1, 0.15) is 5.82 Å². The van der Waals surface area contributed by atoms with Crippen LogP contribution < -0.4 is 5.32 Å². The number of rotatable bonds is 5. The van der Waals surface area contributed by atoms with Crippen molar-refractivity contribution in [2.75, 3.05) is 7.05 Å². The van der Waals surface area contributed by atoms with Gasteiger partial charge in [0.15, 0.2) is 0 Å². The van der Waals surface area contributed by atoms with E-state index in [0.717, 1.165) is 6.42 Å². The summed E-state index contributed by atoms with van der Waals surface area (Å²) in [5.74, 6) is -0.316. The zero-order chi connectivity index (χ0) is 11.3. The highest BCUT2D eigenvalue weighted by Gasteiger charge is 2.11. The van der Waals surface area contributed by atoms with Gasteiger partial charge in [-0.25, -0.2) is 4.39 Å². The van der Waals surface area contributed by atoms with Crippen LogP contribution in [0.5, 0.6) is 0 Å². The Morgan fingerprint density at radius 2 is 2.33 bits per heavy atom. The van der Waals surface area contributed by atoms with Crippen molar-refractivity contribution in [3.05, 3.63) is 47.3 Å². The van der Waals surface area contributed by atoms with Crippen molar-refractivity contribution in [3.63, 3.8) is 0 Å². The van der Waals surface area contributed by atoms with E-state index in [1.807, 2.05) is 13.1 Å². The van der Waals surface area contributed by atoms with Crippen molar-refractivity contribution in [3.8, 4) is 0 Å². The number of benzene rings is 1. The fourth-order valence-electron chi connectivity index (χ4n) is 1.48. The Hall–Kier alpha value is -0.860. The monoisotopic (exact) mass is 227 g/mol. The van der Waals surface area contributed by atoms with E-state index in [9.17, 15) is 4.39 Å². The summed E-state index contributed by atoms with van der Waals surface area (Å²) >= 11 is 5.70. The highest BCUT2D eigenvalue weighted by atomic mass is 35.5. The van der Waals surface area contributed by atoms with Gasteiger partial charge in [0.05, 0.1) is 5.02 Å². The number of likely N-dealkylation sites (N-methyl/N-ethyl adjacent to an activating group) is 1. The molecule has 1 atom stereocenters. The van der Waals surface area contributed by atoms with Gasteiger partial charge < -0.3 is 5.32 Å². The summed E-state index contributed by atoms with van der Waals surface area (Å²) in [6, 6.07) is 5.29. The van der Waals surface area contributed by atoms with Gasteiger partial charge in [-0.2, -0.15) is 0 Å². The molecule has 0 aliphatic rings. The van der Waals surface area contributed by atoms with Crippen molar-refractivity contribution < 1.29 is 4.39 Å². The summed E-state index contributed by atoms with van der Waals surface area (Å²) in [7, 11) is 1.86. The molecule has 0 heterocycles. The molecule has 1 rings (SSSR count). The standard InChI is InChI=1S/C12H15ClFN/c1-3-5-10(15-2)8-9-6-4-7-11(13)12(9)14/h3-4,6-7,10,15H,1,5,8H2,2H3. The average Bonchev–Trinajstić information content (AvgIpc) is 2.24. The normalized spacial score (nSPS) is 12.5. The summed E-state index contributed by atoms with van der Waals surface area (Å²) < 4.78 is 13.6. The summed E-state index contributed by atoms with van der Waals surface area (Å²) in [6.07, 6.45) is 3.25. The minimum Gasteiger partial charge on any atom is -0.316 e. The number of hydrogen-bond donors (Lipinski definition) is 1. The molecule has 1 nitrogen and oxygen atoms in total. The summed E-state index contributed by atoms with van der Waals surface area (Å²) in [5.41, 5.74) is 0.642. The molecular weight excluding hydrogens is 213 g/mol. The molecule has 0 bridgehead atoms. The maximum absolute atomic E-state index is 13.6. The Bertz CT molecular complexity index is 338. The summed E-state index contributed by atoms with van der Waals surface area (Å²) in [6.45, 7) is 3.67. The van der Waals surface area contributed by atoms with Crippen LogP contribution in [0.4, 0.5) is 4.39 Å². The molecule has 1 N–H and O–H groups in total. The van der Waals surface area contributed by atoms with Crippen LogP contribution in [0.3, 0.4) is 0 Å². The third-order valence-electron chi connectivity index (χ3n) is 2.36. The molecule has 1 unspecified atom stereocenters. The van der Waals surface area contributed by atoms with Crippen LogP contribution in [-0.2, 0) is 6.42 Å². The first-order valence-electron chi connectivity index (χ1n) is 4.90. The largest absolute Gasteiger partial charge is 0.316 e. The van der Waals surface area contributed by atoms with Crippen LogP contribution >= 0.6 is 11.6 Å². The molecule has 0 saturated heterocycles. The lowest BCUT2D eigenvalue weighted by Crippen LogP contribution is -2.27. The molecule has 3 heteroatoms. The van der Waals surface area contributed by atoms with Crippen molar-refractivity contribution in [2.45, 2.75) is 18.9 Å². The lowest BCUT2D eigenvalue weighted by atomic mass is 10.0. The zero-order valence-corrected chi connectivity index (χ0v) is 9.52. The first-order chi connectivity index (χ1) is 7.19. The van der Waals surface area contributed by atoms with E-state index >= 15 is 0 Å². The summed E-state index contributed by atoms with van der Waals surface area (Å²) in [4.78, 5) is 0. The molecule has 0 spiro atoms. The van der Waals surface area contributed by atoms with E-state index in [2.05, 4.69) is 11.9 Å². The fourth-order valence-corrected chi connectivity index (χ4v) is 1.67. The topological polar surface area (TPSA) is 12.0 Å². The third kappa shape index (κ3) is 3.33. The molecule has 0 aromatic heterocycles. The number of nitrogens with one attached hydrogen (secondary N) is 1. The van der Waals surface area contributed by atoms with E-state index in [1.165, 1.54) is 0 Å². The highest BCUT2D eigenvalue weighted by Crippen LogP contribution is 2.19. The van der Waals surface area contributed by atoms with Gasteiger partial charge in [0.2, 0.25) is 0 Å². The first kappa shape index (κ1) is 12.2. The minimum atomic E-state index is -0.316. The van der Waals surface area contributed by atoms with Crippen molar-refractivity contribution in [2.24, 2.45) is 0 Å². The van der Waals surface area contributed by atoms with E-state index in [4.69, 9.17) is 11.6 Å². The predicted molar refractivity (Wildman–Crippen MR) is 62.8 cm³/mol. The van der Waals surface area contributed by atoms with Crippen LogP contribution in [0, 0.1) is 5.82 Å². The molecule has 1 aromatic rings. The van der Waals surface area contributed by atoms with Gasteiger partial charge in [-0.3, -0.25) is 0 Å². The predicted octanol–water partition coefficient (Wildman–Crippen LogP) is 3.19. The SMILES string of the molecule is C=CCC(Cc1cccc(Cl)c1F)NC. The zero-order valence-electron chi connectivity index (χ0n) is 8.76. The highest BCUT2D eigenvalue weighted by molar-refractivity contribution is 6.30. The maximum Gasteiger partial charge on any atom is 0.145 e. The Morgan fingerprint density at radius 1 is 1.60 bits per heavy atom. The van der Waals surface area contributed by atoms with Crippen LogP contribution in [0.2, 0.25) is 5.02 Å². The summed E-state index contributed by atoms with van der Waals surface area (Å²) in [5, 5.41) is 3.30. The van der Waals surface area contributed by atoms with Gasteiger partial charge in [-0.05, 0) is 31.5 Å². The van der Waals surface area contributed by atoms with Crippen LogP contribution in [0.15, 0.2) is 30.9 Å². The molecule has 0 amide bonds. The fraction of sp³-hybridized carbons (Fsp3) is 0.333. The lowest BCUT2D eigenvalue weighted by Gasteiger charge is -2.14. The van der Waals surface area contributed by atoms with Crippen LogP contribution in [0.25, 0.3) is 0 Å². The van der Waals surface area contributed by atoms with Crippen molar-refractivity contribution >= 4 is 11.6 Å². The minimum absolute atomic E-state index is 0.181. The Kier molecular flexibility index (Phi) is 4.79. The van der Waals surface area contributed by atoms with Gasteiger partial charge in [-0.15, -0.1) is 6.58 Å². The lowest BCUT2D eigenvalue weighted by molar-refractivity contribution is 0.539. The molecule has 0 radical (unpaired) electrons. The molecule has 15 heavy (non-hydrogen) atoms. The third-order valence-corrected chi connectivity index (χ3v) is 2.65.